The van der Waals surface area contributed by atoms with Crippen molar-refractivity contribution in [1.29, 1.82) is 0 Å². The zero-order chi connectivity index (χ0) is 10.9. The number of allylic oxidation sites excluding steroid dienone is 4. The van der Waals surface area contributed by atoms with E-state index in [1.807, 2.05) is 0 Å². The number of hydrogen-bond acceptors (Lipinski definition) is 0. The van der Waals surface area contributed by atoms with E-state index in [-0.39, 0.29) is 0 Å². The van der Waals surface area contributed by atoms with Crippen LogP contribution in [0, 0.1) is 11.8 Å². The van der Waals surface area contributed by atoms with Crippen molar-refractivity contribution in [2.24, 2.45) is 11.8 Å². The van der Waals surface area contributed by atoms with Crippen LogP contribution in [0.25, 0.3) is 0 Å². The lowest BCUT2D eigenvalue weighted by atomic mass is 9.55. The van der Waals surface area contributed by atoms with Crippen LogP contribution in [0.1, 0.15) is 23.0 Å². The predicted octanol–water partition coefficient (Wildman–Crippen LogP) is 4.68. The Bertz CT molecular complexity index is 541. The molecule has 0 amide bonds. The summed E-state index contributed by atoms with van der Waals surface area (Å²) in [5.74, 6) is 2.53. The normalized spacial score (nSPS) is 38.1. The summed E-state index contributed by atoms with van der Waals surface area (Å²) in [6.07, 6.45) is 4.79. The Morgan fingerprint density at radius 3 is 2.38 bits per heavy atom. The van der Waals surface area contributed by atoms with Crippen molar-refractivity contribution in [3.05, 3.63) is 56.5 Å². The Hall–Kier alpha value is -0.340. The van der Waals surface area contributed by atoms with E-state index in [9.17, 15) is 0 Å². The first-order valence-corrected chi connectivity index (χ1v) is 7.19. The summed E-state index contributed by atoms with van der Waals surface area (Å²) in [6, 6.07) is 8.90. The maximum absolute atomic E-state index is 3.75. The van der Waals surface area contributed by atoms with Gasteiger partial charge in [-0.25, -0.2) is 0 Å². The van der Waals surface area contributed by atoms with Gasteiger partial charge < -0.3 is 0 Å². The summed E-state index contributed by atoms with van der Waals surface area (Å²) in [6.45, 7) is 0. The maximum atomic E-state index is 3.75. The second-order valence-electron chi connectivity index (χ2n) is 4.84. The third kappa shape index (κ3) is 1.01. The lowest BCUT2D eigenvalue weighted by molar-refractivity contribution is 0.309. The number of benzene rings is 1. The van der Waals surface area contributed by atoms with Crippen LogP contribution in [0.5, 0.6) is 0 Å². The topological polar surface area (TPSA) is 0 Å². The minimum atomic E-state index is 0.562. The van der Waals surface area contributed by atoms with E-state index in [0.29, 0.717) is 23.7 Å². The van der Waals surface area contributed by atoms with Gasteiger partial charge in [0.2, 0.25) is 0 Å². The summed E-state index contributed by atoms with van der Waals surface area (Å²) in [7, 11) is 0. The Morgan fingerprint density at radius 2 is 1.62 bits per heavy atom. The molecule has 0 heterocycles. The summed E-state index contributed by atoms with van der Waals surface area (Å²) < 4.78 is 2.78. The molecule has 2 heteroatoms. The van der Waals surface area contributed by atoms with Crippen LogP contribution >= 0.6 is 31.9 Å². The highest BCUT2D eigenvalue weighted by molar-refractivity contribution is 9.12. The highest BCUT2D eigenvalue weighted by atomic mass is 79.9. The minimum absolute atomic E-state index is 0.562. The van der Waals surface area contributed by atoms with Gasteiger partial charge in [0.1, 0.15) is 0 Å². The van der Waals surface area contributed by atoms with Crippen molar-refractivity contribution >= 4 is 31.9 Å². The van der Waals surface area contributed by atoms with Crippen LogP contribution in [0.2, 0.25) is 0 Å². The number of hydrogen-bond donors (Lipinski definition) is 0. The van der Waals surface area contributed by atoms with E-state index in [0.717, 1.165) is 0 Å². The summed E-state index contributed by atoms with van der Waals surface area (Å²) in [5, 5.41) is 0. The molecule has 5 rings (SSSR count). The van der Waals surface area contributed by atoms with Crippen LogP contribution in [0.3, 0.4) is 0 Å². The van der Waals surface area contributed by atoms with E-state index in [2.05, 4.69) is 68.3 Å². The Kier molecular flexibility index (Phi) is 1.88. The van der Waals surface area contributed by atoms with Crippen molar-refractivity contribution in [2.45, 2.75) is 11.8 Å². The Labute approximate surface area is 112 Å². The molecule has 0 spiro atoms. The molecule has 0 unspecified atom stereocenters. The quantitative estimate of drug-likeness (QED) is 0.644. The van der Waals surface area contributed by atoms with Gasteiger partial charge in [0.05, 0.1) is 0 Å². The predicted molar refractivity (Wildman–Crippen MR) is 72.9 cm³/mol. The van der Waals surface area contributed by atoms with Gasteiger partial charge in [-0.1, -0.05) is 68.3 Å². The second-order valence-corrected chi connectivity index (χ2v) is 6.67. The van der Waals surface area contributed by atoms with E-state index in [1.165, 1.54) is 20.1 Å². The zero-order valence-electron chi connectivity index (χ0n) is 8.53. The Balaban J connectivity index is 1.98. The first-order valence-electron chi connectivity index (χ1n) is 5.60. The second kappa shape index (κ2) is 3.11. The molecule has 0 aliphatic heterocycles. The van der Waals surface area contributed by atoms with Gasteiger partial charge in [0.15, 0.2) is 0 Å². The molecule has 1 aromatic carbocycles. The van der Waals surface area contributed by atoms with Crippen molar-refractivity contribution in [3.63, 3.8) is 0 Å². The van der Waals surface area contributed by atoms with E-state index >= 15 is 0 Å². The first-order chi connectivity index (χ1) is 7.77. The fourth-order valence-electron chi connectivity index (χ4n) is 3.48. The average Bonchev–Trinajstić information content (AvgIpc) is 2.27. The van der Waals surface area contributed by atoms with Crippen molar-refractivity contribution in [2.75, 3.05) is 0 Å². The van der Waals surface area contributed by atoms with Gasteiger partial charge in [-0.05, 0) is 26.0 Å². The fourth-order valence-corrected chi connectivity index (χ4v) is 5.21. The van der Waals surface area contributed by atoms with Crippen LogP contribution in [0.15, 0.2) is 45.4 Å². The highest BCUT2D eigenvalue weighted by Crippen LogP contribution is 2.63. The monoisotopic (exact) mass is 336 g/mol. The molecule has 0 N–H and O–H groups in total. The molecule has 4 aliphatic rings. The van der Waals surface area contributed by atoms with Gasteiger partial charge in [-0.15, -0.1) is 0 Å². The molecule has 0 saturated heterocycles. The number of rotatable bonds is 0. The molecule has 4 aliphatic carbocycles. The fraction of sp³-hybridized carbons (Fsp3) is 0.286. The lowest BCUT2D eigenvalue weighted by Crippen LogP contribution is -2.40. The van der Waals surface area contributed by atoms with Crippen LogP contribution < -0.4 is 0 Å². The molecule has 2 bridgehead atoms. The molecule has 0 saturated carbocycles. The molecule has 1 aromatic rings. The van der Waals surface area contributed by atoms with E-state index in [4.69, 9.17) is 0 Å². The smallest absolute Gasteiger partial charge is 0.0225 e. The first kappa shape index (κ1) is 9.67. The largest absolute Gasteiger partial charge is 0.0693 e. The lowest BCUT2D eigenvalue weighted by Gasteiger charge is -2.51. The molecule has 0 nitrogen and oxygen atoms in total. The van der Waals surface area contributed by atoms with Gasteiger partial charge in [-0.2, -0.15) is 0 Å². The van der Waals surface area contributed by atoms with Gasteiger partial charge in [-0.3, -0.25) is 0 Å². The molecule has 4 atom stereocenters. The third-order valence-corrected chi connectivity index (χ3v) is 5.73. The van der Waals surface area contributed by atoms with Crippen molar-refractivity contribution in [3.8, 4) is 0 Å². The maximum Gasteiger partial charge on any atom is 0.0225 e. The summed E-state index contributed by atoms with van der Waals surface area (Å²) in [5.41, 5.74) is 3.06. The molecule has 0 radical (unpaired) electrons. The third-order valence-electron chi connectivity index (χ3n) is 4.18. The highest BCUT2D eigenvalue weighted by Gasteiger charge is 2.50. The molecule has 0 aromatic heterocycles. The average molecular weight is 338 g/mol. The summed E-state index contributed by atoms with van der Waals surface area (Å²) >= 11 is 7.45. The molecule has 0 fully saturated rings. The van der Waals surface area contributed by atoms with Crippen LogP contribution in [-0.4, -0.2) is 0 Å². The van der Waals surface area contributed by atoms with Gasteiger partial charge in [0.25, 0.3) is 0 Å². The van der Waals surface area contributed by atoms with Crippen molar-refractivity contribution in [1.82, 2.24) is 0 Å². The standard InChI is InChI=1S/C14H10Br2/c15-11-5-9-7-3-1-2-4-8(7)13(11)10-6-12(16)14(9)10/h1-6,9-10,13-14H/t9-,10+,13+,14-/m1/s1. The Morgan fingerprint density at radius 1 is 0.875 bits per heavy atom. The number of halogens is 2. The summed E-state index contributed by atoms with van der Waals surface area (Å²) in [4.78, 5) is 0. The molecule has 16 heavy (non-hydrogen) atoms. The van der Waals surface area contributed by atoms with Gasteiger partial charge in [0, 0.05) is 17.8 Å². The molecule has 80 valence electrons. The van der Waals surface area contributed by atoms with Crippen LogP contribution in [-0.2, 0) is 0 Å². The SMILES string of the molecule is BrC1=C[C@@H]2[C@H]1[C@@H]1C=C(Br)[C@H]2c2ccccc21. The van der Waals surface area contributed by atoms with Gasteiger partial charge >= 0.3 is 0 Å². The van der Waals surface area contributed by atoms with Crippen LogP contribution in [0.4, 0.5) is 0 Å². The molecular weight excluding hydrogens is 328 g/mol. The van der Waals surface area contributed by atoms with Crippen molar-refractivity contribution < 1.29 is 0 Å². The van der Waals surface area contributed by atoms with E-state index in [1.54, 1.807) is 0 Å². The minimum Gasteiger partial charge on any atom is -0.0693 e. The zero-order valence-corrected chi connectivity index (χ0v) is 11.7. The molecular formula is C14H10Br2. The van der Waals surface area contributed by atoms with E-state index < -0.39 is 0 Å².